The molecular weight excluding hydrogens is 422 g/mol. The molecule has 0 spiro atoms. The third kappa shape index (κ3) is 6.25. The van der Waals surface area contributed by atoms with Gasteiger partial charge in [-0.05, 0) is 33.6 Å². The van der Waals surface area contributed by atoms with Gasteiger partial charge in [-0.15, -0.1) is 0 Å². The molecule has 0 aliphatic rings. The highest BCUT2D eigenvalue weighted by Crippen LogP contribution is 2.20. The topological polar surface area (TPSA) is 104 Å². The Labute approximate surface area is 160 Å². The standard InChI is InChI=1S/C17H18BrN3O4S/c18-14-8-4-5-9-15(14)26(24,25)19-11-10-16(22)20-21-17(23)12-13-6-2-1-3-7-13/h1-9,19H,10-12H2,(H,20,22)(H,21,23). The Morgan fingerprint density at radius 1 is 0.885 bits per heavy atom. The van der Waals surface area contributed by atoms with Crippen LogP contribution in [0, 0.1) is 0 Å². The van der Waals surface area contributed by atoms with E-state index >= 15 is 0 Å². The van der Waals surface area contributed by atoms with Gasteiger partial charge in [0.2, 0.25) is 21.8 Å². The third-order valence-electron chi connectivity index (χ3n) is 3.32. The van der Waals surface area contributed by atoms with E-state index in [9.17, 15) is 18.0 Å². The molecule has 0 aliphatic heterocycles. The number of benzene rings is 2. The number of hydrazine groups is 1. The van der Waals surface area contributed by atoms with Crippen LogP contribution in [-0.4, -0.2) is 26.8 Å². The van der Waals surface area contributed by atoms with Gasteiger partial charge >= 0.3 is 0 Å². The van der Waals surface area contributed by atoms with Crippen molar-refractivity contribution < 1.29 is 18.0 Å². The molecule has 0 bridgehead atoms. The highest BCUT2D eigenvalue weighted by Gasteiger charge is 2.17. The van der Waals surface area contributed by atoms with Crippen LogP contribution in [0.1, 0.15) is 12.0 Å². The second-order valence-electron chi connectivity index (χ2n) is 5.34. The van der Waals surface area contributed by atoms with Crippen LogP contribution < -0.4 is 15.6 Å². The fourth-order valence-electron chi connectivity index (χ4n) is 2.07. The zero-order valence-electron chi connectivity index (χ0n) is 13.7. The first-order valence-corrected chi connectivity index (χ1v) is 10.0. The lowest BCUT2D eigenvalue weighted by Crippen LogP contribution is -2.43. The van der Waals surface area contributed by atoms with Crippen molar-refractivity contribution >= 4 is 37.8 Å². The maximum atomic E-state index is 12.2. The summed E-state index contributed by atoms with van der Waals surface area (Å²) in [5.74, 6) is -0.861. The Morgan fingerprint density at radius 2 is 1.50 bits per heavy atom. The van der Waals surface area contributed by atoms with Crippen LogP contribution in [0.2, 0.25) is 0 Å². The Balaban J connectivity index is 1.73. The highest BCUT2D eigenvalue weighted by molar-refractivity contribution is 9.10. The molecule has 9 heteroatoms. The van der Waals surface area contributed by atoms with Gasteiger partial charge in [-0.2, -0.15) is 0 Å². The van der Waals surface area contributed by atoms with Crippen molar-refractivity contribution in [2.45, 2.75) is 17.7 Å². The fourth-order valence-corrected chi connectivity index (χ4v) is 4.10. The molecule has 2 amide bonds. The lowest BCUT2D eigenvalue weighted by Gasteiger charge is -2.09. The zero-order valence-corrected chi connectivity index (χ0v) is 16.1. The van der Waals surface area contributed by atoms with Crippen molar-refractivity contribution in [1.82, 2.24) is 15.6 Å². The molecule has 138 valence electrons. The van der Waals surface area contributed by atoms with Crippen molar-refractivity contribution in [1.29, 1.82) is 0 Å². The predicted octanol–water partition coefficient (Wildman–Crippen LogP) is 1.51. The monoisotopic (exact) mass is 439 g/mol. The highest BCUT2D eigenvalue weighted by atomic mass is 79.9. The summed E-state index contributed by atoms with van der Waals surface area (Å²) in [6, 6.07) is 15.5. The second kappa shape index (κ2) is 9.46. The molecule has 26 heavy (non-hydrogen) atoms. The summed E-state index contributed by atoms with van der Waals surface area (Å²) >= 11 is 3.17. The number of carbonyl (C=O) groups excluding carboxylic acids is 2. The van der Waals surface area contributed by atoms with Crippen LogP contribution >= 0.6 is 15.9 Å². The minimum Gasteiger partial charge on any atom is -0.273 e. The summed E-state index contributed by atoms with van der Waals surface area (Å²) in [5.41, 5.74) is 5.37. The Bertz CT molecular complexity index is 873. The van der Waals surface area contributed by atoms with Gasteiger partial charge in [0.05, 0.1) is 11.3 Å². The summed E-state index contributed by atoms with van der Waals surface area (Å²) in [6.07, 6.45) is 0.0189. The maximum Gasteiger partial charge on any atom is 0.242 e. The molecule has 0 saturated carbocycles. The lowest BCUT2D eigenvalue weighted by atomic mass is 10.1. The van der Waals surface area contributed by atoms with Gasteiger partial charge in [0.15, 0.2) is 0 Å². The molecule has 0 unspecified atom stereocenters. The molecule has 0 atom stereocenters. The van der Waals surface area contributed by atoms with Gasteiger partial charge in [-0.1, -0.05) is 42.5 Å². The number of carbonyl (C=O) groups is 2. The summed E-state index contributed by atoms with van der Waals surface area (Å²) in [6.45, 7) is -0.0932. The van der Waals surface area contributed by atoms with Gasteiger partial charge in [0.25, 0.3) is 0 Å². The molecule has 7 nitrogen and oxygen atoms in total. The third-order valence-corrected chi connectivity index (χ3v) is 5.79. The Hall–Kier alpha value is -2.23. The van der Waals surface area contributed by atoms with Crippen LogP contribution in [0.3, 0.4) is 0 Å². The van der Waals surface area contributed by atoms with Crippen molar-refractivity contribution in [3.63, 3.8) is 0 Å². The number of rotatable bonds is 7. The quantitative estimate of drug-likeness (QED) is 0.568. The van der Waals surface area contributed by atoms with Crippen LogP contribution in [0.15, 0.2) is 64.0 Å². The Kier molecular flexibility index (Phi) is 7.31. The molecule has 0 aliphatic carbocycles. The van der Waals surface area contributed by atoms with Gasteiger partial charge in [0, 0.05) is 17.4 Å². The van der Waals surface area contributed by atoms with E-state index in [2.05, 4.69) is 31.5 Å². The van der Waals surface area contributed by atoms with E-state index < -0.39 is 15.9 Å². The molecule has 0 saturated heterocycles. The normalized spacial score (nSPS) is 11.0. The molecule has 2 aromatic carbocycles. The number of hydrogen-bond donors (Lipinski definition) is 3. The van der Waals surface area contributed by atoms with E-state index in [-0.39, 0.29) is 30.2 Å². The largest absolute Gasteiger partial charge is 0.273 e. The number of halogens is 1. The number of amides is 2. The molecule has 2 aromatic rings. The van der Waals surface area contributed by atoms with Crippen molar-refractivity contribution in [3.8, 4) is 0 Å². The van der Waals surface area contributed by atoms with Gasteiger partial charge in [0.1, 0.15) is 0 Å². The van der Waals surface area contributed by atoms with E-state index in [1.807, 2.05) is 18.2 Å². The lowest BCUT2D eigenvalue weighted by molar-refractivity contribution is -0.128. The maximum absolute atomic E-state index is 12.2. The van der Waals surface area contributed by atoms with Crippen LogP contribution in [0.25, 0.3) is 0 Å². The minimum absolute atomic E-state index is 0.0932. The Morgan fingerprint density at radius 3 is 2.19 bits per heavy atom. The summed E-state index contributed by atoms with van der Waals surface area (Å²) in [5, 5.41) is 0. The minimum atomic E-state index is -3.72. The van der Waals surface area contributed by atoms with E-state index in [1.165, 1.54) is 6.07 Å². The van der Waals surface area contributed by atoms with Gasteiger partial charge in [-0.3, -0.25) is 20.4 Å². The zero-order chi connectivity index (χ0) is 19.0. The average molecular weight is 440 g/mol. The molecule has 0 radical (unpaired) electrons. The van der Waals surface area contributed by atoms with Gasteiger partial charge in [-0.25, -0.2) is 13.1 Å². The van der Waals surface area contributed by atoms with Crippen LogP contribution in [-0.2, 0) is 26.0 Å². The van der Waals surface area contributed by atoms with E-state index in [4.69, 9.17) is 0 Å². The van der Waals surface area contributed by atoms with Crippen molar-refractivity contribution in [3.05, 3.63) is 64.6 Å². The first-order chi connectivity index (χ1) is 12.4. The summed E-state index contributed by atoms with van der Waals surface area (Å²) in [7, 11) is -3.72. The molecule has 3 N–H and O–H groups in total. The first-order valence-electron chi connectivity index (χ1n) is 7.74. The van der Waals surface area contributed by atoms with Crippen LogP contribution in [0.5, 0.6) is 0 Å². The SMILES string of the molecule is O=C(CCNS(=O)(=O)c1ccccc1Br)NNC(=O)Cc1ccccc1. The first kappa shape index (κ1) is 20.1. The predicted molar refractivity (Wildman–Crippen MR) is 100 cm³/mol. The molecule has 2 rings (SSSR count). The van der Waals surface area contributed by atoms with Gasteiger partial charge < -0.3 is 0 Å². The fraction of sp³-hybridized carbons (Fsp3) is 0.176. The van der Waals surface area contributed by atoms with Crippen molar-refractivity contribution in [2.75, 3.05) is 6.54 Å². The second-order valence-corrected chi connectivity index (χ2v) is 7.93. The number of hydrogen-bond acceptors (Lipinski definition) is 4. The van der Waals surface area contributed by atoms with Crippen molar-refractivity contribution in [2.24, 2.45) is 0 Å². The molecular formula is C17H18BrN3O4S. The smallest absolute Gasteiger partial charge is 0.242 e. The van der Waals surface area contributed by atoms with E-state index in [0.717, 1.165) is 5.56 Å². The summed E-state index contributed by atoms with van der Waals surface area (Å²) < 4.78 is 27.1. The molecule has 0 heterocycles. The molecule has 0 fully saturated rings. The summed E-state index contributed by atoms with van der Waals surface area (Å²) in [4.78, 5) is 23.5. The van der Waals surface area contributed by atoms with Crippen LogP contribution in [0.4, 0.5) is 0 Å². The number of nitrogens with one attached hydrogen (secondary N) is 3. The molecule has 0 aromatic heterocycles. The van der Waals surface area contributed by atoms with E-state index in [0.29, 0.717) is 4.47 Å². The van der Waals surface area contributed by atoms with E-state index in [1.54, 1.807) is 30.3 Å². The number of sulfonamides is 1. The average Bonchev–Trinajstić information content (AvgIpc) is 2.61.